The largest absolute Gasteiger partial charge is 0.484 e. The third-order valence-electron chi connectivity index (χ3n) is 3.30. The van der Waals surface area contributed by atoms with Crippen LogP contribution in [0.4, 0.5) is 10.1 Å². The summed E-state index contributed by atoms with van der Waals surface area (Å²) in [6.45, 7) is 1.84. The maximum Gasteiger partial charge on any atom is 0.274 e. The number of aromatic nitrogens is 3. The van der Waals surface area contributed by atoms with Gasteiger partial charge < -0.3 is 10.1 Å². The third kappa shape index (κ3) is 4.35. The lowest BCUT2D eigenvalue weighted by Gasteiger charge is -2.09. The normalized spacial score (nSPS) is 10.3. The van der Waals surface area contributed by atoms with Gasteiger partial charge in [0.1, 0.15) is 18.1 Å². The van der Waals surface area contributed by atoms with Crippen molar-refractivity contribution in [3.8, 4) is 5.75 Å². The molecule has 0 atom stereocenters. The maximum atomic E-state index is 14.1. The Labute approximate surface area is 143 Å². The van der Waals surface area contributed by atoms with Crippen LogP contribution in [0.25, 0.3) is 0 Å². The van der Waals surface area contributed by atoms with Gasteiger partial charge in [-0.25, -0.2) is 14.4 Å². The minimum Gasteiger partial charge on any atom is -0.484 e. The molecule has 1 amide bonds. The van der Waals surface area contributed by atoms with Crippen LogP contribution < -0.4 is 10.1 Å². The number of amides is 1. The second kappa shape index (κ2) is 7.48. The number of aryl methyl sites for hydroxylation is 1. The lowest BCUT2D eigenvalue weighted by Crippen LogP contribution is -2.14. The van der Waals surface area contributed by atoms with Crippen LogP contribution in [0, 0.1) is 12.7 Å². The number of anilines is 1. The molecule has 0 aliphatic carbocycles. The fraction of sp³-hybridized carbons (Fsp3) is 0.111. The predicted octanol–water partition coefficient (Wildman–Crippen LogP) is 3.15. The highest BCUT2D eigenvalue weighted by atomic mass is 19.1. The van der Waals surface area contributed by atoms with E-state index in [9.17, 15) is 9.18 Å². The standard InChI is InChI=1S/C18H15FN4O2/c1-12-20-9-7-16(22-12)18(24)23-13-5-6-17(15(19)10-13)25-11-14-4-2-3-8-21-14/h2-10H,11H2,1H3,(H,23,24). The van der Waals surface area contributed by atoms with E-state index < -0.39 is 11.7 Å². The van der Waals surface area contributed by atoms with Gasteiger partial charge in [-0.2, -0.15) is 0 Å². The number of nitrogens with one attached hydrogen (secondary N) is 1. The number of rotatable bonds is 5. The Morgan fingerprint density at radius 1 is 1.16 bits per heavy atom. The first-order chi connectivity index (χ1) is 12.1. The summed E-state index contributed by atoms with van der Waals surface area (Å²) in [7, 11) is 0. The van der Waals surface area contributed by atoms with Crippen LogP contribution in [0.5, 0.6) is 5.75 Å². The molecule has 0 radical (unpaired) electrons. The second-order valence-electron chi connectivity index (χ2n) is 5.20. The van der Waals surface area contributed by atoms with Crippen LogP contribution in [0.1, 0.15) is 22.0 Å². The number of hydrogen-bond acceptors (Lipinski definition) is 5. The Bertz CT molecular complexity index is 887. The van der Waals surface area contributed by atoms with Gasteiger partial charge in [0.05, 0.1) is 5.69 Å². The van der Waals surface area contributed by atoms with E-state index >= 15 is 0 Å². The van der Waals surface area contributed by atoms with Crippen LogP contribution >= 0.6 is 0 Å². The molecule has 0 aliphatic rings. The molecule has 0 bridgehead atoms. The molecule has 1 aromatic carbocycles. The molecule has 6 nitrogen and oxygen atoms in total. The van der Waals surface area contributed by atoms with Crippen molar-refractivity contribution in [1.29, 1.82) is 0 Å². The molecule has 2 aromatic heterocycles. The molecule has 0 aliphatic heterocycles. The Kier molecular flexibility index (Phi) is 4.94. The van der Waals surface area contributed by atoms with Gasteiger partial charge >= 0.3 is 0 Å². The maximum absolute atomic E-state index is 14.1. The summed E-state index contributed by atoms with van der Waals surface area (Å²) >= 11 is 0. The van der Waals surface area contributed by atoms with Crippen molar-refractivity contribution in [3.63, 3.8) is 0 Å². The highest BCUT2D eigenvalue weighted by Crippen LogP contribution is 2.22. The lowest BCUT2D eigenvalue weighted by molar-refractivity contribution is 0.102. The number of pyridine rings is 1. The minimum atomic E-state index is -0.576. The molecule has 2 heterocycles. The monoisotopic (exact) mass is 338 g/mol. The number of carbonyl (C=O) groups is 1. The van der Waals surface area contributed by atoms with Crippen LogP contribution in [0.2, 0.25) is 0 Å². The van der Waals surface area contributed by atoms with E-state index in [0.29, 0.717) is 17.2 Å². The molecule has 3 aromatic rings. The number of carbonyl (C=O) groups excluding carboxylic acids is 1. The summed E-state index contributed by atoms with van der Waals surface area (Å²) < 4.78 is 19.6. The van der Waals surface area contributed by atoms with E-state index in [1.54, 1.807) is 31.3 Å². The van der Waals surface area contributed by atoms with E-state index in [-0.39, 0.29) is 18.1 Å². The Balaban J connectivity index is 1.66. The zero-order valence-electron chi connectivity index (χ0n) is 13.4. The first-order valence-corrected chi connectivity index (χ1v) is 7.55. The van der Waals surface area contributed by atoms with Gasteiger partial charge in [-0.05, 0) is 37.3 Å². The Morgan fingerprint density at radius 2 is 2.04 bits per heavy atom. The average molecular weight is 338 g/mol. The lowest BCUT2D eigenvalue weighted by atomic mass is 10.2. The molecule has 0 fully saturated rings. The number of ether oxygens (including phenoxy) is 1. The van der Waals surface area contributed by atoms with E-state index in [2.05, 4.69) is 20.3 Å². The van der Waals surface area contributed by atoms with Crippen molar-refractivity contribution in [2.45, 2.75) is 13.5 Å². The van der Waals surface area contributed by atoms with Crippen molar-refractivity contribution >= 4 is 11.6 Å². The Morgan fingerprint density at radius 3 is 2.76 bits per heavy atom. The van der Waals surface area contributed by atoms with Crippen molar-refractivity contribution < 1.29 is 13.9 Å². The van der Waals surface area contributed by atoms with Gasteiger partial charge in [0, 0.05) is 24.1 Å². The van der Waals surface area contributed by atoms with Crippen molar-refractivity contribution in [2.75, 3.05) is 5.32 Å². The average Bonchev–Trinajstić information content (AvgIpc) is 2.62. The fourth-order valence-electron chi connectivity index (χ4n) is 2.11. The van der Waals surface area contributed by atoms with Gasteiger partial charge in [-0.15, -0.1) is 0 Å². The van der Waals surface area contributed by atoms with E-state index in [1.807, 2.05) is 6.07 Å². The Hall–Kier alpha value is -3.35. The number of halogens is 1. The highest BCUT2D eigenvalue weighted by Gasteiger charge is 2.11. The third-order valence-corrected chi connectivity index (χ3v) is 3.30. The molecule has 0 unspecified atom stereocenters. The smallest absolute Gasteiger partial charge is 0.274 e. The van der Waals surface area contributed by atoms with Crippen LogP contribution in [-0.2, 0) is 6.61 Å². The summed E-state index contributed by atoms with van der Waals surface area (Å²) in [5.74, 6) is -0.446. The van der Waals surface area contributed by atoms with Gasteiger partial charge in [0.25, 0.3) is 5.91 Å². The van der Waals surface area contributed by atoms with Crippen molar-refractivity contribution in [2.24, 2.45) is 0 Å². The van der Waals surface area contributed by atoms with Gasteiger partial charge in [0.2, 0.25) is 0 Å². The molecular weight excluding hydrogens is 323 g/mol. The molecule has 0 saturated heterocycles. The molecule has 126 valence electrons. The number of benzene rings is 1. The van der Waals surface area contributed by atoms with Gasteiger partial charge in [-0.1, -0.05) is 6.07 Å². The fourth-order valence-corrected chi connectivity index (χ4v) is 2.11. The van der Waals surface area contributed by atoms with Crippen LogP contribution in [0.15, 0.2) is 54.9 Å². The molecule has 0 saturated carbocycles. The molecule has 3 rings (SSSR count). The molecule has 0 spiro atoms. The zero-order valence-corrected chi connectivity index (χ0v) is 13.4. The SMILES string of the molecule is Cc1nccc(C(=O)Nc2ccc(OCc3ccccn3)c(F)c2)n1. The van der Waals surface area contributed by atoms with E-state index in [0.717, 1.165) is 0 Å². The predicted molar refractivity (Wildman–Crippen MR) is 89.7 cm³/mol. The summed E-state index contributed by atoms with van der Waals surface area (Å²) in [5.41, 5.74) is 1.21. The molecule has 25 heavy (non-hydrogen) atoms. The van der Waals surface area contributed by atoms with Gasteiger partial charge in [-0.3, -0.25) is 9.78 Å². The minimum absolute atomic E-state index is 0.0848. The molecule has 7 heteroatoms. The van der Waals surface area contributed by atoms with E-state index in [4.69, 9.17) is 4.74 Å². The second-order valence-corrected chi connectivity index (χ2v) is 5.20. The molecular formula is C18H15FN4O2. The summed E-state index contributed by atoms with van der Waals surface area (Å²) in [4.78, 5) is 24.2. The summed E-state index contributed by atoms with van der Waals surface area (Å²) in [6, 6.07) is 11.1. The van der Waals surface area contributed by atoms with E-state index in [1.165, 1.54) is 24.4 Å². The summed E-state index contributed by atoms with van der Waals surface area (Å²) in [6.07, 6.45) is 3.13. The van der Waals surface area contributed by atoms with Crippen molar-refractivity contribution in [3.05, 3.63) is 77.9 Å². The summed E-state index contributed by atoms with van der Waals surface area (Å²) in [5, 5.41) is 2.59. The molecule has 1 N–H and O–H groups in total. The number of nitrogens with zero attached hydrogens (tertiary/aromatic N) is 3. The quantitative estimate of drug-likeness (QED) is 0.773. The first-order valence-electron chi connectivity index (χ1n) is 7.55. The van der Waals surface area contributed by atoms with Crippen LogP contribution in [-0.4, -0.2) is 20.9 Å². The topological polar surface area (TPSA) is 77.0 Å². The number of hydrogen-bond donors (Lipinski definition) is 1. The zero-order chi connectivity index (χ0) is 17.6. The van der Waals surface area contributed by atoms with Crippen molar-refractivity contribution in [1.82, 2.24) is 15.0 Å². The van der Waals surface area contributed by atoms with Crippen LogP contribution in [0.3, 0.4) is 0 Å². The first kappa shape index (κ1) is 16.5. The van der Waals surface area contributed by atoms with Gasteiger partial charge in [0.15, 0.2) is 11.6 Å². The highest BCUT2D eigenvalue weighted by molar-refractivity contribution is 6.02.